The topological polar surface area (TPSA) is 81.4 Å². The van der Waals surface area contributed by atoms with Gasteiger partial charge in [0.1, 0.15) is 0 Å². The predicted octanol–water partition coefficient (Wildman–Crippen LogP) is 3.28. The average Bonchev–Trinajstić information content (AvgIpc) is 2.66. The van der Waals surface area contributed by atoms with Gasteiger partial charge in [-0.1, -0.05) is 54.6 Å². The average molecular weight is 352 g/mol. The Kier molecular flexibility index (Phi) is 5.89. The summed E-state index contributed by atoms with van der Waals surface area (Å²) in [7, 11) is 0. The zero-order valence-electron chi connectivity index (χ0n) is 14.7. The Hall–Kier alpha value is -2.82. The van der Waals surface area contributed by atoms with Crippen LogP contribution in [0.1, 0.15) is 42.0 Å². The number of ether oxygens (including phenoxy) is 1. The highest BCUT2D eigenvalue weighted by atomic mass is 16.6. The molecule has 5 nitrogen and oxygen atoms in total. The number of carbonyl (C=O) groups excluding carboxylic acids is 2. The smallest absolute Gasteiger partial charge is 0.405 e. The van der Waals surface area contributed by atoms with Gasteiger partial charge in [0.25, 0.3) is 5.91 Å². The van der Waals surface area contributed by atoms with Crippen LogP contribution >= 0.6 is 0 Å². The largest absolute Gasteiger partial charge is 0.436 e. The standard InChI is InChI=1S/C21H24N2O3/c22-21(25)26-19(14-13-15-7-2-1-3-8-15)20(24)23-18-12-6-10-16-9-4-5-11-17(16)18/h1-5,7-9,11,18-19H,6,10,12-14H2,(H2,22,25)(H,23,24)/t18-,19?/m1/s1. The van der Waals surface area contributed by atoms with Crippen LogP contribution in [0.3, 0.4) is 0 Å². The lowest BCUT2D eigenvalue weighted by molar-refractivity contribution is -0.130. The van der Waals surface area contributed by atoms with E-state index in [-0.39, 0.29) is 11.9 Å². The molecule has 2 aromatic rings. The number of amides is 2. The third-order valence-electron chi connectivity index (χ3n) is 4.77. The first kappa shape index (κ1) is 18.0. The molecule has 0 aliphatic heterocycles. The van der Waals surface area contributed by atoms with E-state index in [1.165, 1.54) is 5.56 Å². The van der Waals surface area contributed by atoms with Crippen molar-refractivity contribution in [2.75, 3.05) is 0 Å². The van der Waals surface area contributed by atoms with Crippen molar-refractivity contribution in [3.8, 4) is 0 Å². The third-order valence-corrected chi connectivity index (χ3v) is 4.77. The van der Waals surface area contributed by atoms with Gasteiger partial charge in [-0.2, -0.15) is 0 Å². The van der Waals surface area contributed by atoms with Gasteiger partial charge in [0, 0.05) is 0 Å². The van der Waals surface area contributed by atoms with Gasteiger partial charge < -0.3 is 15.8 Å². The van der Waals surface area contributed by atoms with Gasteiger partial charge in [-0.3, -0.25) is 4.79 Å². The molecule has 0 heterocycles. The minimum Gasteiger partial charge on any atom is -0.436 e. The molecule has 0 fully saturated rings. The van der Waals surface area contributed by atoms with Crippen molar-refractivity contribution in [1.82, 2.24) is 5.32 Å². The molecular formula is C21H24N2O3. The molecule has 0 spiro atoms. The number of fused-ring (bicyclic) bond motifs is 1. The fourth-order valence-corrected chi connectivity index (χ4v) is 3.49. The van der Waals surface area contributed by atoms with Crippen molar-refractivity contribution in [3.63, 3.8) is 0 Å². The maximum absolute atomic E-state index is 12.7. The number of aryl methyl sites for hydroxylation is 2. The summed E-state index contributed by atoms with van der Waals surface area (Å²) in [6, 6.07) is 17.9. The van der Waals surface area contributed by atoms with Crippen molar-refractivity contribution in [3.05, 3.63) is 71.3 Å². The van der Waals surface area contributed by atoms with Crippen molar-refractivity contribution < 1.29 is 14.3 Å². The van der Waals surface area contributed by atoms with E-state index in [1.54, 1.807) is 0 Å². The van der Waals surface area contributed by atoms with E-state index in [9.17, 15) is 9.59 Å². The second-order valence-corrected chi connectivity index (χ2v) is 6.60. The predicted molar refractivity (Wildman–Crippen MR) is 99.5 cm³/mol. The molecule has 2 atom stereocenters. The molecule has 0 saturated carbocycles. The fraction of sp³-hybridized carbons (Fsp3) is 0.333. The van der Waals surface area contributed by atoms with Gasteiger partial charge in [-0.15, -0.1) is 0 Å². The molecular weight excluding hydrogens is 328 g/mol. The summed E-state index contributed by atoms with van der Waals surface area (Å²) in [6.07, 6.45) is 2.14. The Morgan fingerprint density at radius 1 is 1.12 bits per heavy atom. The molecule has 0 bridgehead atoms. The van der Waals surface area contributed by atoms with E-state index < -0.39 is 12.2 Å². The van der Waals surface area contributed by atoms with E-state index in [1.807, 2.05) is 48.5 Å². The van der Waals surface area contributed by atoms with Gasteiger partial charge in [0.15, 0.2) is 6.10 Å². The zero-order chi connectivity index (χ0) is 18.4. The first-order valence-electron chi connectivity index (χ1n) is 9.01. The Morgan fingerprint density at radius 3 is 2.62 bits per heavy atom. The lowest BCUT2D eigenvalue weighted by Gasteiger charge is -2.28. The summed E-state index contributed by atoms with van der Waals surface area (Å²) < 4.78 is 5.09. The Balaban J connectivity index is 1.67. The van der Waals surface area contributed by atoms with Gasteiger partial charge in [0.2, 0.25) is 0 Å². The van der Waals surface area contributed by atoms with Gasteiger partial charge in [-0.05, 0) is 48.8 Å². The first-order valence-corrected chi connectivity index (χ1v) is 9.01. The Bertz CT molecular complexity index is 761. The van der Waals surface area contributed by atoms with Gasteiger partial charge in [-0.25, -0.2) is 4.79 Å². The summed E-state index contributed by atoms with van der Waals surface area (Å²) in [5.41, 5.74) is 8.66. The highest BCUT2D eigenvalue weighted by Gasteiger charge is 2.27. The maximum atomic E-state index is 12.7. The SMILES string of the molecule is NC(=O)OC(CCc1ccccc1)C(=O)N[C@@H]1CCCc2ccccc21. The van der Waals surface area contributed by atoms with E-state index in [4.69, 9.17) is 10.5 Å². The molecule has 0 radical (unpaired) electrons. The fourth-order valence-electron chi connectivity index (χ4n) is 3.49. The van der Waals surface area contributed by atoms with E-state index in [0.29, 0.717) is 12.8 Å². The summed E-state index contributed by atoms with van der Waals surface area (Å²) in [5.74, 6) is -0.290. The number of nitrogens with two attached hydrogens (primary N) is 1. The summed E-state index contributed by atoms with van der Waals surface area (Å²) >= 11 is 0. The molecule has 2 amide bonds. The number of rotatable bonds is 6. The number of benzene rings is 2. The van der Waals surface area contributed by atoms with E-state index in [2.05, 4.69) is 11.4 Å². The van der Waals surface area contributed by atoms with Crippen molar-refractivity contribution in [2.45, 2.75) is 44.2 Å². The van der Waals surface area contributed by atoms with Crippen molar-refractivity contribution in [2.24, 2.45) is 5.73 Å². The number of primary amides is 1. The minimum absolute atomic E-state index is 0.0526. The maximum Gasteiger partial charge on any atom is 0.405 e. The van der Waals surface area contributed by atoms with E-state index >= 15 is 0 Å². The third kappa shape index (κ3) is 4.63. The molecule has 1 unspecified atom stereocenters. The molecule has 5 heteroatoms. The highest BCUT2D eigenvalue weighted by molar-refractivity contribution is 5.83. The van der Waals surface area contributed by atoms with Gasteiger partial charge in [0.05, 0.1) is 6.04 Å². The first-order chi connectivity index (χ1) is 12.6. The molecule has 26 heavy (non-hydrogen) atoms. The quantitative estimate of drug-likeness (QED) is 0.837. The zero-order valence-corrected chi connectivity index (χ0v) is 14.7. The number of nitrogens with one attached hydrogen (secondary N) is 1. The van der Waals surface area contributed by atoms with Crippen LogP contribution in [0.4, 0.5) is 4.79 Å². The van der Waals surface area contributed by atoms with Crippen LogP contribution < -0.4 is 11.1 Å². The van der Waals surface area contributed by atoms with Crippen molar-refractivity contribution in [1.29, 1.82) is 0 Å². The lowest BCUT2D eigenvalue weighted by Crippen LogP contribution is -2.41. The minimum atomic E-state index is -0.928. The number of hydrogen-bond acceptors (Lipinski definition) is 3. The highest BCUT2D eigenvalue weighted by Crippen LogP contribution is 2.29. The Morgan fingerprint density at radius 2 is 1.85 bits per heavy atom. The van der Waals surface area contributed by atoms with E-state index in [0.717, 1.165) is 30.4 Å². The normalized spacial score (nSPS) is 17.0. The second kappa shape index (κ2) is 8.52. The molecule has 1 aliphatic rings. The molecule has 136 valence electrons. The Labute approximate surface area is 153 Å². The van der Waals surface area contributed by atoms with Crippen LogP contribution in [0.5, 0.6) is 0 Å². The van der Waals surface area contributed by atoms with Crippen LogP contribution in [-0.4, -0.2) is 18.1 Å². The summed E-state index contributed by atoms with van der Waals surface area (Å²) in [4.78, 5) is 24.0. The van der Waals surface area contributed by atoms with Crippen LogP contribution in [0.2, 0.25) is 0 Å². The van der Waals surface area contributed by atoms with Crippen LogP contribution in [0.15, 0.2) is 54.6 Å². The molecule has 2 aromatic carbocycles. The molecule has 0 saturated heterocycles. The van der Waals surface area contributed by atoms with Crippen LogP contribution in [0, 0.1) is 0 Å². The molecule has 3 rings (SSSR count). The second-order valence-electron chi connectivity index (χ2n) is 6.60. The molecule has 0 aromatic heterocycles. The lowest BCUT2D eigenvalue weighted by atomic mass is 9.87. The summed E-state index contributed by atoms with van der Waals surface area (Å²) in [5, 5.41) is 3.05. The van der Waals surface area contributed by atoms with Crippen molar-refractivity contribution >= 4 is 12.0 Å². The van der Waals surface area contributed by atoms with Gasteiger partial charge >= 0.3 is 6.09 Å². The monoisotopic (exact) mass is 352 g/mol. The van der Waals surface area contributed by atoms with Crippen LogP contribution in [-0.2, 0) is 22.4 Å². The summed E-state index contributed by atoms with van der Waals surface area (Å²) in [6.45, 7) is 0. The molecule has 3 N–H and O–H groups in total. The number of carbonyl (C=O) groups is 2. The van der Waals surface area contributed by atoms with Crippen LogP contribution in [0.25, 0.3) is 0 Å². The molecule has 1 aliphatic carbocycles. The number of hydrogen-bond donors (Lipinski definition) is 2.